The Morgan fingerprint density at radius 1 is 1.03 bits per heavy atom. The summed E-state index contributed by atoms with van der Waals surface area (Å²) in [5, 5.41) is 0. The Hall–Kier alpha value is -3.39. The number of benzene rings is 2. The molecule has 0 amide bonds. The zero-order valence-corrected chi connectivity index (χ0v) is 16.8. The monoisotopic (exact) mass is 412 g/mol. The van der Waals surface area contributed by atoms with E-state index in [-0.39, 0.29) is 16.2 Å². The number of rotatable bonds is 7. The Morgan fingerprint density at radius 3 is 2.41 bits per heavy atom. The molecule has 0 aliphatic rings. The SMILES string of the molecule is Cc1ccc(N(C)S(=O)(=O)c2cccc(C(=O)OCC(=O)c3ccc[nH]3)c2)cc1. The first-order chi connectivity index (χ1) is 13.8. The van der Waals surface area contributed by atoms with E-state index < -0.39 is 22.6 Å². The van der Waals surface area contributed by atoms with Gasteiger partial charge in [0.25, 0.3) is 10.0 Å². The van der Waals surface area contributed by atoms with E-state index in [1.165, 1.54) is 31.3 Å². The van der Waals surface area contributed by atoms with Gasteiger partial charge in [-0.15, -0.1) is 0 Å². The van der Waals surface area contributed by atoms with Crippen LogP contribution in [0.25, 0.3) is 0 Å². The van der Waals surface area contributed by atoms with E-state index in [2.05, 4.69) is 4.98 Å². The molecule has 0 spiro atoms. The number of carbonyl (C=O) groups is 2. The number of H-pyrrole nitrogens is 1. The minimum Gasteiger partial charge on any atom is -0.454 e. The molecule has 1 heterocycles. The molecule has 0 unspecified atom stereocenters. The van der Waals surface area contributed by atoms with Gasteiger partial charge in [-0.2, -0.15) is 0 Å². The van der Waals surface area contributed by atoms with Gasteiger partial charge in [-0.05, 0) is 49.4 Å². The topological polar surface area (TPSA) is 96.5 Å². The molecule has 1 N–H and O–H groups in total. The van der Waals surface area contributed by atoms with Crippen molar-refractivity contribution in [3.8, 4) is 0 Å². The third-order valence-corrected chi connectivity index (χ3v) is 6.14. The van der Waals surface area contributed by atoms with Gasteiger partial charge in [-0.1, -0.05) is 23.8 Å². The van der Waals surface area contributed by atoms with E-state index in [9.17, 15) is 18.0 Å². The molecule has 0 fully saturated rings. The van der Waals surface area contributed by atoms with Crippen molar-refractivity contribution in [3.05, 3.63) is 83.7 Å². The van der Waals surface area contributed by atoms with Gasteiger partial charge >= 0.3 is 5.97 Å². The summed E-state index contributed by atoms with van der Waals surface area (Å²) in [6.07, 6.45) is 1.59. The predicted molar refractivity (Wildman–Crippen MR) is 109 cm³/mol. The molecule has 3 rings (SSSR count). The van der Waals surface area contributed by atoms with Crippen LogP contribution in [0, 0.1) is 6.92 Å². The van der Waals surface area contributed by atoms with Crippen molar-refractivity contribution in [1.82, 2.24) is 4.98 Å². The number of ether oxygens (including phenoxy) is 1. The lowest BCUT2D eigenvalue weighted by Gasteiger charge is -2.20. The number of hydrogen-bond acceptors (Lipinski definition) is 5. The molecule has 0 radical (unpaired) electrons. The summed E-state index contributed by atoms with van der Waals surface area (Å²) < 4.78 is 32.0. The van der Waals surface area contributed by atoms with Crippen LogP contribution in [-0.4, -0.2) is 38.8 Å². The van der Waals surface area contributed by atoms with Gasteiger partial charge in [0.2, 0.25) is 5.78 Å². The number of aromatic nitrogens is 1. The second-order valence-corrected chi connectivity index (χ2v) is 8.39. The lowest BCUT2D eigenvalue weighted by molar-refractivity contribution is 0.0473. The summed E-state index contributed by atoms with van der Waals surface area (Å²) >= 11 is 0. The molecule has 1 aromatic heterocycles. The summed E-state index contributed by atoms with van der Waals surface area (Å²) in [6, 6.07) is 15.8. The van der Waals surface area contributed by atoms with Crippen LogP contribution in [0.1, 0.15) is 26.4 Å². The number of sulfonamides is 1. The summed E-state index contributed by atoms with van der Waals surface area (Å²) in [7, 11) is -2.43. The lowest BCUT2D eigenvalue weighted by atomic mass is 10.2. The van der Waals surface area contributed by atoms with Crippen LogP contribution in [-0.2, 0) is 14.8 Å². The van der Waals surface area contributed by atoms with E-state index in [0.29, 0.717) is 11.4 Å². The van der Waals surface area contributed by atoms with Crippen molar-refractivity contribution >= 4 is 27.5 Å². The number of aryl methyl sites for hydroxylation is 1. The van der Waals surface area contributed by atoms with Gasteiger partial charge in [-0.3, -0.25) is 9.10 Å². The first-order valence-corrected chi connectivity index (χ1v) is 10.2. The Bertz CT molecular complexity index is 1120. The molecule has 0 saturated carbocycles. The van der Waals surface area contributed by atoms with Crippen molar-refractivity contribution < 1.29 is 22.7 Å². The zero-order valence-electron chi connectivity index (χ0n) is 16.0. The fraction of sp³-hybridized carbons (Fsp3) is 0.143. The maximum atomic E-state index is 12.9. The largest absolute Gasteiger partial charge is 0.454 e. The molecule has 0 bridgehead atoms. The second-order valence-electron chi connectivity index (χ2n) is 6.42. The number of ketones is 1. The van der Waals surface area contributed by atoms with Crippen molar-refractivity contribution in [2.75, 3.05) is 18.0 Å². The number of nitrogens with one attached hydrogen (secondary N) is 1. The summed E-state index contributed by atoms with van der Waals surface area (Å²) in [5.41, 5.74) is 1.88. The number of anilines is 1. The average Bonchev–Trinajstić information content (AvgIpc) is 3.27. The van der Waals surface area contributed by atoms with Gasteiger partial charge < -0.3 is 9.72 Å². The van der Waals surface area contributed by atoms with Gasteiger partial charge in [0.05, 0.1) is 21.8 Å². The second kappa shape index (κ2) is 8.32. The van der Waals surface area contributed by atoms with Gasteiger partial charge in [0.1, 0.15) is 0 Å². The zero-order chi connectivity index (χ0) is 21.0. The molecule has 2 aromatic carbocycles. The molecule has 29 heavy (non-hydrogen) atoms. The smallest absolute Gasteiger partial charge is 0.338 e. The summed E-state index contributed by atoms with van der Waals surface area (Å²) in [6.45, 7) is 1.47. The van der Waals surface area contributed by atoms with E-state index in [4.69, 9.17) is 4.74 Å². The van der Waals surface area contributed by atoms with E-state index in [1.54, 1.807) is 30.5 Å². The fourth-order valence-electron chi connectivity index (χ4n) is 2.63. The van der Waals surface area contributed by atoms with Crippen LogP contribution in [0.3, 0.4) is 0 Å². The van der Waals surface area contributed by atoms with E-state index in [0.717, 1.165) is 9.87 Å². The molecule has 0 aliphatic carbocycles. The standard InChI is InChI=1S/C21H20N2O5S/c1-15-8-10-17(11-9-15)23(2)29(26,27)18-6-3-5-16(13-18)21(25)28-14-20(24)19-7-4-12-22-19/h3-13,22H,14H2,1-2H3. The Labute approximate surface area is 169 Å². The van der Waals surface area contributed by atoms with E-state index in [1.807, 2.05) is 19.1 Å². The van der Waals surface area contributed by atoms with Crippen LogP contribution in [0.2, 0.25) is 0 Å². The third-order valence-electron chi connectivity index (χ3n) is 4.36. The van der Waals surface area contributed by atoms with Gasteiger partial charge in [0.15, 0.2) is 6.61 Å². The molecular formula is C21H20N2O5S. The normalized spacial score (nSPS) is 11.1. The number of aromatic amines is 1. The van der Waals surface area contributed by atoms with Crippen molar-refractivity contribution in [1.29, 1.82) is 0 Å². The lowest BCUT2D eigenvalue weighted by Crippen LogP contribution is -2.26. The van der Waals surface area contributed by atoms with Crippen LogP contribution in [0.15, 0.2) is 71.8 Å². The number of esters is 1. The van der Waals surface area contributed by atoms with Crippen molar-refractivity contribution in [2.45, 2.75) is 11.8 Å². The highest BCUT2D eigenvalue weighted by atomic mass is 32.2. The molecule has 0 atom stereocenters. The highest BCUT2D eigenvalue weighted by molar-refractivity contribution is 7.92. The quantitative estimate of drug-likeness (QED) is 0.475. The minimum atomic E-state index is -3.87. The van der Waals surface area contributed by atoms with Gasteiger partial charge in [-0.25, -0.2) is 13.2 Å². The molecule has 8 heteroatoms. The summed E-state index contributed by atoms with van der Waals surface area (Å²) in [5.74, 6) is -1.16. The first-order valence-electron chi connectivity index (χ1n) is 8.78. The Morgan fingerprint density at radius 2 is 1.76 bits per heavy atom. The predicted octanol–water partition coefficient (Wildman–Crippen LogP) is 3.19. The highest BCUT2D eigenvalue weighted by Gasteiger charge is 2.23. The molecular weight excluding hydrogens is 392 g/mol. The van der Waals surface area contributed by atoms with E-state index >= 15 is 0 Å². The Kier molecular flexibility index (Phi) is 5.84. The first kappa shape index (κ1) is 20.3. The number of Topliss-reactive ketones (excluding diaryl/α,β-unsaturated/α-hetero) is 1. The maximum absolute atomic E-state index is 12.9. The Balaban J connectivity index is 1.76. The van der Waals surface area contributed by atoms with Gasteiger partial charge in [0, 0.05) is 13.2 Å². The molecule has 150 valence electrons. The number of hydrogen-bond donors (Lipinski definition) is 1. The van der Waals surface area contributed by atoms with Crippen LogP contribution < -0.4 is 4.31 Å². The highest BCUT2D eigenvalue weighted by Crippen LogP contribution is 2.23. The molecule has 3 aromatic rings. The number of nitrogens with zero attached hydrogens (tertiary/aromatic N) is 1. The molecule has 0 saturated heterocycles. The minimum absolute atomic E-state index is 0.0441. The van der Waals surface area contributed by atoms with Crippen molar-refractivity contribution in [3.63, 3.8) is 0 Å². The maximum Gasteiger partial charge on any atom is 0.338 e. The summed E-state index contributed by atoms with van der Waals surface area (Å²) in [4.78, 5) is 26.9. The van der Waals surface area contributed by atoms with Crippen LogP contribution in [0.4, 0.5) is 5.69 Å². The van der Waals surface area contributed by atoms with Crippen molar-refractivity contribution in [2.24, 2.45) is 0 Å². The number of carbonyl (C=O) groups excluding carboxylic acids is 2. The molecule has 0 aliphatic heterocycles. The average molecular weight is 412 g/mol. The van der Waals surface area contributed by atoms with Crippen LogP contribution >= 0.6 is 0 Å². The molecule has 7 nitrogen and oxygen atoms in total. The third kappa shape index (κ3) is 4.55. The van der Waals surface area contributed by atoms with Crippen LogP contribution in [0.5, 0.6) is 0 Å². The fourth-order valence-corrected chi connectivity index (χ4v) is 3.87.